The van der Waals surface area contributed by atoms with E-state index in [1.54, 1.807) is 13.0 Å². The highest BCUT2D eigenvalue weighted by atomic mass is 28.4. The summed E-state index contributed by atoms with van der Waals surface area (Å²) in [7, 11) is -3.62. The van der Waals surface area contributed by atoms with Crippen LogP contribution in [0.3, 0.4) is 0 Å². The van der Waals surface area contributed by atoms with Gasteiger partial charge >= 0.3 is 5.97 Å². The quantitative estimate of drug-likeness (QED) is 0.272. The smallest absolute Gasteiger partial charge is 0.333 e. The van der Waals surface area contributed by atoms with Crippen LogP contribution in [0.5, 0.6) is 5.75 Å². The molecule has 1 N–H and O–H groups in total. The Morgan fingerprint density at radius 1 is 1.12 bits per heavy atom. The van der Waals surface area contributed by atoms with Crippen LogP contribution in [-0.2, 0) is 20.1 Å². The highest BCUT2D eigenvalue weighted by molar-refractivity contribution is 6.84. The lowest BCUT2D eigenvalue weighted by atomic mass is 10.1. The molecule has 0 aliphatic carbocycles. The molecule has 0 heterocycles. The molecule has 140 valence electrons. The minimum Gasteiger partial charge on any atom is -0.508 e. The molecule has 1 aromatic rings. The number of hydrogen-bond acceptors (Lipinski definition) is 4. The summed E-state index contributed by atoms with van der Waals surface area (Å²) in [4.78, 5) is 11.4. The molecule has 25 heavy (non-hydrogen) atoms. The van der Waals surface area contributed by atoms with Gasteiger partial charge in [0.15, 0.2) is 16.6 Å². The highest BCUT2D eigenvalue weighted by Gasteiger charge is 2.32. The fourth-order valence-electron chi connectivity index (χ4n) is 2.79. The van der Waals surface area contributed by atoms with E-state index >= 15 is 0 Å². The van der Waals surface area contributed by atoms with E-state index in [1.807, 2.05) is 18.2 Å². The summed E-state index contributed by atoms with van der Waals surface area (Å²) in [5.74, 6) is 0.0425. The molecule has 0 aromatic heterocycles. The fourth-order valence-corrected chi connectivity index (χ4v) is 11.5. The van der Waals surface area contributed by atoms with E-state index < -0.39 is 16.6 Å². The zero-order valence-corrected chi connectivity index (χ0v) is 18.2. The zero-order chi connectivity index (χ0) is 19.1. The van der Waals surface area contributed by atoms with Crippen LogP contribution in [0, 0.1) is 0 Å². The van der Waals surface area contributed by atoms with Crippen molar-refractivity contribution in [1.29, 1.82) is 0 Å². The molecule has 0 fully saturated rings. The Balaban J connectivity index is 2.43. The Hall–Kier alpha value is -1.38. The molecule has 0 radical (unpaired) electrons. The predicted octanol–water partition coefficient (Wildman–Crippen LogP) is 4.87. The lowest BCUT2D eigenvalue weighted by Gasteiger charge is -2.34. The van der Waals surface area contributed by atoms with Gasteiger partial charge in [-0.3, -0.25) is 0 Å². The maximum absolute atomic E-state index is 11.4. The van der Waals surface area contributed by atoms with Crippen molar-refractivity contribution in [2.75, 3.05) is 6.61 Å². The fraction of sp³-hybridized carbons (Fsp3) is 0.526. The van der Waals surface area contributed by atoms with Crippen molar-refractivity contribution in [2.24, 2.45) is 0 Å². The van der Waals surface area contributed by atoms with Crippen molar-refractivity contribution in [3.63, 3.8) is 0 Å². The van der Waals surface area contributed by atoms with Gasteiger partial charge in [0.05, 0.1) is 6.61 Å². The van der Waals surface area contributed by atoms with Gasteiger partial charge in [0.1, 0.15) is 5.75 Å². The Labute approximate surface area is 154 Å². The molecule has 0 saturated heterocycles. The lowest BCUT2D eigenvalue weighted by Crippen LogP contribution is -2.44. The van der Waals surface area contributed by atoms with Gasteiger partial charge in [0, 0.05) is 5.57 Å². The number of phenols is 1. The highest BCUT2D eigenvalue weighted by Crippen LogP contribution is 2.26. The molecule has 0 bridgehead atoms. The normalized spacial score (nSPS) is 12.0. The summed E-state index contributed by atoms with van der Waals surface area (Å²) < 4.78 is 11.7. The summed E-state index contributed by atoms with van der Waals surface area (Å²) in [6.07, 6.45) is 1.66. The first kappa shape index (κ1) is 21.7. The van der Waals surface area contributed by atoms with Crippen LogP contribution in [0.4, 0.5) is 0 Å². The van der Waals surface area contributed by atoms with E-state index in [9.17, 15) is 9.90 Å². The van der Waals surface area contributed by atoms with Crippen LogP contribution in [0.2, 0.25) is 38.3 Å². The molecule has 0 aliphatic rings. The molecule has 0 amide bonds. The van der Waals surface area contributed by atoms with E-state index in [0.29, 0.717) is 17.9 Å². The number of para-hydroxylation sites is 1. The monoisotopic (exact) mass is 380 g/mol. The van der Waals surface area contributed by atoms with E-state index in [4.69, 9.17) is 8.85 Å². The van der Waals surface area contributed by atoms with Gasteiger partial charge in [-0.15, -0.1) is 0 Å². The molecule has 4 nitrogen and oxygen atoms in total. The predicted molar refractivity (Wildman–Crippen MR) is 108 cm³/mol. The van der Waals surface area contributed by atoms with Crippen molar-refractivity contribution in [3.8, 4) is 5.75 Å². The van der Waals surface area contributed by atoms with Gasteiger partial charge in [-0.25, -0.2) is 4.79 Å². The molecule has 1 rings (SSSR count). The van der Waals surface area contributed by atoms with Crippen molar-refractivity contribution in [1.82, 2.24) is 0 Å². The molecular weight excluding hydrogens is 348 g/mol. The van der Waals surface area contributed by atoms with E-state index in [0.717, 1.165) is 30.5 Å². The minimum atomic E-state index is -1.82. The summed E-state index contributed by atoms with van der Waals surface area (Å²) in [6.45, 7) is 14.6. The molecule has 0 spiro atoms. The Bertz CT molecular complexity index is 597. The number of ether oxygens (including phenoxy) is 1. The molecule has 0 aliphatic heterocycles. The average molecular weight is 381 g/mol. The number of carbonyl (C=O) groups excluding carboxylic acids is 1. The number of esters is 1. The van der Waals surface area contributed by atoms with Gasteiger partial charge in [-0.05, 0) is 69.7 Å². The second kappa shape index (κ2) is 9.36. The summed E-state index contributed by atoms with van der Waals surface area (Å²) in [6, 6.07) is 9.44. The van der Waals surface area contributed by atoms with Gasteiger partial charge in [-0.1, -0.05) is 24.8 Å². The van der Waals surface area contributed by atoms with E-state index in [-0.39, 0.29) is 5.97 Å². The maximum atomic E-state index is 11.4. The molecule has 0 unspecified atom stereocenters. The third-order valence-corrected chi connectivity index (χ3v) is 11.5. The van der Waals surface area contributed by atoms with Gasteiger partial charge in [-0.2, -0.15) is 0 Å². The first-order chi connectivity index (χ1) is 11.5. The molecule has 1 aromatic carbocycles. The Kier molecular flexibility index (Phi) is 8.11. The molecular formula is C19H32O4Si2. The zero-order valence-electron chi connectivity index (χ0n) is 16.2. The van der Waals surface area contributed by atoms with Crippen molar-refractivity contribution in [3.05, 3.63) is 42.0 Å². The molecule has 0 atom stereocenters. The molecule has 6 heteroatoms. The number of aromatic hydroxyl groups is 1. The van der Waals surface area contributed by atoms with Crippen molar-refractivity contribution >= 4 is 22.6 Å². The van der Waals surface area contributed by atoms with Gasteiger partial charge in [0.2, 0.25) is 0 Å². The van der Waals surface area contributed by atoms with Crippen LogP contribution in [0.1, 0.15) is 18.9 Å². The third-order valence-electron chi connectivity index (χ3n) is 4.05. The van der Waals surface area contributed by atoms with E-state index in [1.165, 1.54) is 0 Å². The topological polar surface area (TPSA) is 55.8 Å². The Morgan fingerprint density at radius 2 is 1.72 bits per heavy atom. The SMILES string of the molecule is C=C(C)C(=O)OCCC[Si](C)(C)O[Si](C)(C)CCc1ccccc1O. The summed E-state index contributed by atoms with van der Waals surface area (Å²) in [5.41, 5.74) is 1.42. The first-order valence-corrected chi connectivity index (χ1v) is 15.1. The van der Waals surface area contributed by atoms with Gasteiger partial charge in [0.25, 0.3) is 0 Å². The third kappa shape index (κ3) is 8.51. The van der Waals surface area contributed by atoms with Crippen LogP contribution >= 0.6 is 0 Å². The van der Waals surface area contributed by atoms with Crippen LogP contribution in [0.15, 0.2) is 36.4 Å². The second-order valence-electron chi connectivity index (χ2n) is 7.77. The largest absolute Gasteiger partial charge is 0.508 e. The number of carbonyl (C=O) groups is 1. The maximum Gasteiger partial charge on any atom is 0.333 e. The Morgan fingerprint density at radius 3 is 2.32 bits per heavy atom. The number of aryl methyl sites for hydroxylation is 1. The van der Waals surface area contributed by atoms with Crippen molar-refractivity contribution in [2.45, 2.75) is 58.0 Å². The molecule has 0 saturated carbocycles. The summed E-state index contributed by atoms with van der Waals surface area (Å²) >= 11 is 0. The minimum absolute atomic E-state index is 0.322. The lowest BCUT2D eigenvalue weighted by molar-refractivity contribution is -0.138. The standard InChI is InChI=1S/C19H32O4Si2/c1-16(2)19(21)22-13-9-14-24(3,4)23-25(5,6)15-12-17-10-7-8-11-18(17)20/h7-8,10-11,20H,1,9,12-15H2,2-6H3. The van der Waals surface area contributed by atoms with Crippen LogP contribution in [-0.4, -0.2) is 34.3 Å². The number of rotatable bonds is 10. The average Bonchev–Trinajstić information content (AvgIpc) is 2.49. The van der Waals surface area contributed by atoms with Crippen LogP contribution < -0.4 is 0 Å². The number of benzene rings is 1. The second-order valence-corrected chi connectivity index (χ2v) is 16.6. The first-order valence-electron chi connectivity index (χ1n) is 8.82. The van der Waals surface area contributed by atoms with Gasteiger partial charge < -0.3 is 14.0 Å². The number of hydrogen-bond donors (Lipinski definition) is 1. The van der Waals surface area contributed by atoms with Crippen molar-refractivity contribution < 1.29 is 18.8 Å². The van der Waals surface area contributed by atoms with Crippen LogP contribution in [0.25, 0.3) is 0 Å². The number of phenolic OH excluding ortho intramolecular Hbond substituents is 1. The summed E-state index contributed by atoms with van der Waals surface area (Å²) in [5, 5.41) is 9.90. The van der Waals surface area contributed by atoms with E-state index in [2.05, 4.69) is 32.8 Å².